The smallest absolute Gasteiger partial charge is 0.387 e. The Morgan fingerprint density at radius 1 is 1.06 bits per heavy atom. The summed E-state index contributed by atoms with van der Waals surface area (Å²) in [5.41, 5.74) is 1.86. The van der Waals surface area contributed by atoms with Crippen LogP contribution < -0.4 is 10.6 Å². The third kappa shape index (κ3) is 5.84. The van der Waals surface area contributed by atoms with E-state index in [1.54, 1.807) is 12.1 Å². The zero-order chi connectivity index (χ0) is 24.1. The Labute approximate surface area is 200 Å². The molecule has 1 aliphatic heterocycles. The molecule has 1 atom stereocenters. The zero-order valence-electron chi connectivity index (χ0n) is 18.7. The van der Waals surface area contributed by atoms with E-state index in [4.69, 9.17) is 5.84 Å². The number of aromatic nitrogens is 3. The molecule has 2 heterocycles. The molecule has 0 radical (unpaired) electrons. The standard InChI is InChI=1S/C23H26F2N6O2S/c1-16(21(32)30-13-11-29(12-14-30)15-17-5-3-2-4-6-17)34-23-28-27-20(31(23)26)18-7-9-19(10-8-18)33-22(24)25/h2-10,16,22H,11-15,26H2,1H3/t16-/m1/s1. The van der Waals surface area contributed by atoms with E-state index in [0.717, 1.165) is 19.6 Å². The number of halogens is 2. The van der Waals surface area contributed by atoms with E-state index in [-0.39, 0.29) is 16.9 Å². The molecule has 11 heteroatoms. The number of nitrogen functional groups attached to an aromatic ring is 1. The minimum absolute atomic E-state index is 0.0300. The van der Waals surface area contributed by atoms with E-state index >= 15 is 0 Å². The van der Waals surface area contributed by atoms with E-state index in [0.29, 0.717) is 29.6 Å². The molecule has 3 aromatic rings. The van der Waals surface area contributed by atoms with Crippen molar-refractivity contribution in [3.05, 3.63) is 60.2 Å². The number of carbonyl (C=O) groups is 1. The van der Waals surface area contributed by atoms with Crippen molar-refractivity contribution in [2.75, 3.05) is 32.0 Å². The third-order valence-electron chi connectivity index (χ3n) is 5.57. The van der Waals surface area contributed by atoms with Crippen molar-refractivity contribution in [2.24, 2.45) is 0 Å². The highest BCUT2D eigenvalue weighted by Crippen LogP contribution is 2.27. The molecule has 2 aromatic carbocycles. The molecule has 180 valence electrons. The number of nitrogens with two attached hydrogens (primary N) is 1. The Balaban J connectivity index is 1.32. The quantitative estimate of drug-likeness (QED) is 0.385. The molecule has 2 N–H and O–H groups in total. The molecule has 34 heavy (non-hydrogen) atoms. The summed E-state index contributed by atoms with van der Waals surface area (Å²) in [6.07, 6.45) is 0. The van der Waals surface area contributed by atoms with Gasteiger partial charge in [-0.25, -0.2) is 4.68 Å². The number of carbonyl (C=O) groups excluding carboxylic acids is 1. The molecule has 1 fully saturated rings. The number of thioether (sulfide) groups is 1. The first-order valence-corrected chi connectivity index (χ1v) is 11.8. The van der Waals surface area contributed by atoms with Crippen LogP contribution >= 0.6 is 11.8 Å². The number of rotatable bonds is 8. The molecule has 1 amide bonds. The highest BCUT2D eigenvalue weighted by Gasteiger charge is 2.27. The van der Waals surface area contributed by atoms with E-state index < -0.39 is 6.61 Å². The molecule has 0 bridgehead atoms. The van der Waals surface area contributed by atoms with Crippen LogP contribution in [0.15, 0.2) is 59.8 Å². The second-order valence-electron chi connectivity index (χ2n) is 7.93. The molecule has 0 spiro atoms. The molecule has 1 aromatic heterocycles. The number of hydrogen-bond donors (Lipinski definition) is 1. The van der Waals surface area contributed by atoms with Crippen LogP contribution in [0.2, 0.25) is 0 Å². The van der Waals surface area contributed by atoms with Crippen molar-refractivity contribution in [1.29, 1.82) is 0 Å². The summed E-state index contributed by atoms with van der Waals surface area (Å²) in [5.74, 6) is 6.59. The molecule has 1 saturated heterocycles. The van der Waals surface area contributed by atoms with E-state index in [9.17, 15) is 13.6 Å². The van der Waals surface area contributed by atoms with E-state index in [1.807, 2.05) is 30.0 Å². The van der Waals surface area contributed by atoms with Crippen LogP contribution in [0.4, 0.5) is 8.78 Å². The summed E-state index contributed by atoms with van der Waals surface area (Å²) in [7, 11) is 0. The summed E-state index contributed by atoms with van der Waals surface area (Å²) in [4.78, 5) is 17.2. The van der Waals surface area contributed by atoms with Crippen LogP contribution in [0.3, 0.4) is 0 Å². The van der Waals surface area contributed by atoms with Crippen molar-refractivity contribution < 1.29 is 18.3 Å². The van der Waals surface area contributed by atoms with E-state index in [2.05, 4.69) is 32.0 Å². The number of piperazine rings is 1. The first kappa shape index (κ1) is 24.0. The minimum Gasteiger partial charge on any atom is -0.435 e. The topological polar surface area (TPSA) is 89.5 Å². The third-order valence-corrected chi connectivity index (χ3v) is 6.61. The Bertz CT molecular complexity index is 1090. The van der Waals surface area contributed by atoms with Crippen LogP contribution in [0.1, 0.15) is 12.5 Å². The Morgan fingerprint density at radius 3 is 2.38 bits per heavy atom. The van der Waals surface area contributed by atoms with Crippen LogP contribution in [0, 0.1) is 0 Å². The first-order valence-electron chi connectivity index (χ1n) is 10.9. The highest BCUT2D eigenvalue weighted by atomic mass is 32.2. The normalized spacial score (nSPS) is 15.5. The van der Waals surface area contributed by atoms with Crippen molar-refractivity contribution >= 4 is 17.7 Å². The van der Waals surface area contributed by atoms with Crippen LogP contribution in [0.5, 0.6) is 5.75 Å². The number of alkyl halides is 2. The largest absolute Gasteiger partial charge is 0.435 e. The van der Waals surface area contributed by atoms with Crippen molar-refractivity contribution in [3.8, 4) is 17.1 Å². The Kier molecular flexibility index (Phi) is 7.63. The number of amides is 1. The summed E-state index contributed by atoms with van der Waals surface area (Å²) in [6, 6.07) is 16.3. The van der Waals surface area contributed by atoms with Crippen LogP contribution in [-0.2, 0) is 11.3 Å². The van der Waals surface area contributed by atoms with Crippen molar-refractivity contribution in [2.45, 2.75) is 30.5 Å². The fourth-order valence-electron chi connectivity index (χ4n) is 3.77. The molecular weight excluding hydrogens is 462 g/mol. The van der Waals surface area contributed by atoms with Gasteiger partial charge in [0, 0.05) is 38.3 Å². The Hall–Kier alpha value is -3.18. The van der Waals surface area contributed by atoms with Gasteiger partial charge in [-0.15, -0.1) is 10.2 Å². The van der Waals surface area contributed by atoms with Crippen molar-refractivity contribution in [3.63, 3.8) is 0 Å². The highest BCUT2D eigenvalue weighted by molar-refractivity contribution is 8.00. The second-order valence-corrected chi connectivity index (χ2v) is 9.23. The Morgan fingerprint density at radius 2 is 1.74 bits per heavy atom. The van der Waals surface area contributed by atoms with Crippen LogP contribution in [0.25, 0.3) is 11.4 Å². The summed E-state index contributed by atoms with van der Waals surface area (Å²) < 4.78 is 30.3. The van der Waals surface area contributed by atoms with Crippen LogP contribution in [-0.4, -0.2) is 68.6 Å². The number of benzene rings is 2. The van der Waals surface area contributed by atoms with Gasteiger partial charge in [0.15, 0.2) is 5.82 Å². The van der Waals surface area contributed by atoms with Gasteiger partial charge >= 0.3 is 6.61 Å². The molecule has 8 nitrogen and oxygen atoms in total. The monoisotopic (exact) mass is 488 g/mol. The first-order chi connectivity index (χ1) is 16.4. The SMILES string of the molecule is C[C@@H](Sc1nnc(-c2ccc(OC(F)F)cc2)n1N)C(=O)N1CCN(Cc2ccccc2)CC1. The number of ether oxygens (including phenoxy) is 1. The molecule has 4 rings (SSSR count). The lowest BCUT2D eigenvalue weighted by molar-refractivity contribution is -0.132. The molecule has 0 unspecified atom stereocenters. The molecule has 0 aliphatic carbocycles. The average Bonchev–Trinajstić information content (AvgIpc) is 3.19. The zero-order valence-corrected chi connectivity index (χ0v) is 19.5. The van der Waals surface area contributed by atoms with Gasteiger partial charge in [-0.1, -0.05) is 42.1 Å². The van der Waals surface area contributed by atoms with E-state index in [1.165, 1.54) is 34.1 Å². The maximum absolute atomic E-state index is 13.0. The van der Waals surface area contributed by atoms with Gasteiger partial charge in [-0.3, -0.25) is 9.69 Å². The van der Waals surface area contributed by atoms with Crippen molar-refractivity contribution in [1.82, 2.24) is 24.7 Å². The maximum atomic E-state index is 13.0. The van der Waals surface area contributed by atoms with Gasteiger partial charge in [-0.05, 0) is 36.8 Å². The summed E-state index contributed by atoms with van der Waals surface area (Å²) in [6.45, 7) is 2.79. The fraction of sp³-hybridized carbons (Fsp3) is 0.348. The predicted molar refractivity (Wildman–Crippen MR) is 126 cm³/mol. The summed E-state index contributed by atoms with van der Waals surface area (Å²) >= 11 is 1.24. The lowest BCUT2D eigenvalue weighted by Crippen LogP contribution is -2.50. The molecule has 1 aliphatic rings. The number of nitrogens with zero attached hydrogens (tertiary/aromatic N) is 5. The lowest BCUT2D eigenvalue weighted by Gasteiger charge is -2.35. The second kappa shape index (κ2) is 10.8. The molecular formula is C23H26F2N6O2S. The minimum atomic E-state index is -2.89. The van der Waals surface area contributed by atoms with Gasteiger partial charge in [0.25, 0.3) is 0 Å². The fourth-order valence-corrected chi connectivity index (χ4v) is 4.63. The van der Waals surface area contributed by atoms with Gasteiger partial charge in [-0.2, -0.15) is 8.78 Å². The summed E-state index contributed by atoms with van der Waals surface area (Å²) in [5, 5.41) is 8.22. The predicted octanol–water partition coefficient (Wildman–Crippen LogP) is 3.09. The van der Waals surface area contributed by atoms with Gasteiger partial charge in [0.2, 0.25) is 11.1 Å². The molecule has 0 saturated carbocycles. The number of hydrogen-bond acceptors (Lipinski definition) is 7. The van der Waals surface area contributed by atoms with Gasteiger partial charge in [0.05, 0.1) is 5.25 Å². The maximum Gasteiger partial charge on any atom is 0.387 e. The lowest BCUT2D eigenvalue weighted by atomic mass is 10.2. The van der Waals surface area contributed by atoms with Gasteiger partial charge in [0.1, 0.15) is 5.75 Å². The average molecular weight is 489 g/mol. The van der Waals surface area contributed by atoms with Gasteiger partial charge < -0.3 is 15.5 Å².